The third-order valence-electron chi connectivity index (χ3n) is 10.7. The number of ketones is 1. The van der Waals surface area contributed by atoms with Crippen LogP contribution in [-0.2, 0) is 14.4 Å². The number of amides is 4. The van der Waals surface area contributed by atoms with Gasteiger partial charge in [-0.3, -0.25) is 14.4 Å². The molecule has 2 aliphatic carbocycles. The van der Waals surface area contributed by atoms with Gasteiger partial charge in [0.05, 0.1) is 18.1 Å². The van der Waals surface area contributed by atoms with Crippen molar-refractivity contribution in [1.82, 2.24) is 31.5 Å². The Hall–Kier alpha value is -3.48. The molecule has 10 nitrogen and oxygen atoms in total. The second kappa shape index (κ2) is 20.7. The third kappa shape index (κ3) is 13.2. The highest BCUT2D eigenvalue weighted by Gasteiger charge is 2.55. The quantitative estimate of drug-likeness (QED) is 0.0803. The van der Waals surface area contributed by atoms with Crippen LogP contribution in [0.25, 0.3) is 0 Å². The number of likely N-dealkylation sites (tertiary alicyclic amines) is 1. The molecular formula is C42H72N6O4. The molecule has 6 atom stereocenters. The number of carbonyl (C=O) groups excluding carboxylic acids is 4. The Morgan fingerprint density at radius 3 is 2.15 bits per heavy atom. The molecule has 1 saturated heterocycles. The monoisotopic (exact) mass is 725 g/mol. The smallest absolute Gasteiger partial charge is 0.315 e. The number of carbonyl (C=O) groups is 4. The SMILES string of the molecule is C#CCCC(NC(=C)C1[C@H]2C[C@H]2CN1C(=C)C(NC(=O)NC(CCC(=O)NC(C)C)C(C)(C)C)C1(C)CCCCC1)C(=O)C(=O)NCCC.CCC. The molecule has 0 aromatic rings. The molecule has 3 aliphatic rings. The van der Waals surface area contributed by atoms with Crippen molar-refractivity contribution in [3.63, 3.8) is 0 Å². The minimum atomic E-state index is -0.777. The van der Waals surface area contributed by atoms with Crippen molar-refractivity contribution in [2.75, 3.05) is 13.1 Å². The Kier molecular flexibility index (Phi) is 17.8. The largest absolute Gasteiger partial charge is 0.377 e. The van der Waals surface area contributed by atoms with Crippen LogP contribution in [0.3, 0.4) is 0 Å². The van der Waals surface area contributed by atoms with E-state index in [4.69, 9.17) is 6.42 Å². The molecule has 0 aromatic carbocycles. The van der Waals surface area contributed by atoms with Crippen molar-refractivity contribution in [2.24, 2.45) is 22.7 Å². The third-order valence-corrected chi connectivity index (χ3v) is 10.7. The molecule has 3 fully saturated rings. The van der Waals surface area contributed by atoms with Gasteiger partial charge < -0.3 is 31.5 Å². The molecule has 4 amide bonds. The normalized spacial score (nSPS) is 21.9. The van der Waals surface area contributed by atoms with Gasteiger partial charge in [-0.1, -0.05) is 87.3 Å². The van der Waals surface area contributed by atoms with Gasteiger partial charge in [0.1, 0.15) is 0 Å². The Morgan fingerprint density at radius 1 is 0.962 bits per heavy atom. The molecule has 294 valence electrons. The van der Waals surface area contributed by atoms with E-state index in [1.807, 2.05) is 20.8 Å². The predicted octanol–water partition coefficient (Wildman–Crippen LogP) is 6.58. The van der Waals surface area contributed by atoms with Gasteiger partial charge in [-0.15, -0.1) is 12.3 Å². The van der Waals surface area contributed by atoms with E-state index in [0.717, 1.165) is 50.8 Å². The number of nitrogens with one attached hydrogen (secondary N) is 5. The lowest BCUT2D eigenvalue weighted by Gasteiger charge is -2.46. The van der Waals surface area contributed by atoms with Crippen molar-refractivity contribution < 1.29 is 19.2 Å². The van der Waals surface area contributed by atoms with Gasteiger partial charge >= 0.3 is 6.03 Å². The number of piperidine rings is 1. The van der Waals surface area contributed by atoms with Crippen molar-refractivity contribution in [2.45, 2.75) is 170 Å². The second-order valence-corrected chi connectivity index (χ2v) is 17.0. The van der Waals surface area contributed by atoms with E-state index in [9.17, 15) is 19.2 Å². The lowest BCUT2D eigenvalue weighted by molar-refractivity contribution is -0.139. The molecule has 0 aromatic heterocycles. The lowest BCUT2D eigenvalue weighted by atomic mass is 9.69. The van der Waals surface area contributed by atoms with Crippen molar-refractivity contribution >= 4 is 23.6 Å². The first kappa shape index (κ1) is 44.7. The molecule has 10 heteroatoms. The van der Waals surface area contributed by atoms with Gasteiger partial charge in [0.2, 0.25) is 11.7 Å². The summed E-state index contributed by atoms with van der Waals surface area (Å²) in [5.74, 6) is 2.24. The Bertz CT molecular complexity index is 1270. The zero-order valence-corrected chi connectivity index (χ0v) is 34.0. The predicted molar refractivity (Wildman–Crippen MR) is 212 cm³/mol. The minimum absolute atomic E-state index is 0.0234. The fraction of sp³-hybridized carbons (Fsp3) is 0.762. The average molecular weight is 725 g/mol. The van der Waals surface area contributed by atoms with E-state index in [1.54, 1.807) is 0 Å². The van der Waals surface area contributed by atoms with Gasteiger partial charge in [-0.2, -0.15) is 0 Å². The molecule has 5 N–H and O–H groups in total. The van der Waals surface area contributed by atoms with E-state index in [1.165, 1.54) is 12.8 Å². The number of hydrogen-bond acceptors (Lipinski definition) is 6. The summed E-state index contributed by atoms with van der Waals surface area (Å²) in [6, 6.07) is -1.66. The molecule has 2 saturated carbocycles. The van der Waals surface area contributed by atoms with Crippen LogP contribution in [0, 0.1) is 35.0 Å². The van der Waals surface area contributed by atoms with Gasteiger partial charge in [0, 0.05) is 49.4 Å². The first-order chi connectivity index (χ1) is 24.4. The van der Waals surface area contributed by atoms with E-state index in [0.29, 0.717) is 49.8 Å². The molecule has 0 spiro atoms. The summed E-state index contributed by atoms with van der Waals surface area (Å²) >= 11 is 0. The first-order valence-corrected chi connectivity index (χ1v) is 20.0. The Morgan fingerprint density at radius 2 is 1.60 bits per heavy atom. The second-order valence-electron chi connectivity index (χ2n) is 17.0. The first-order valence-electron chi connectivity index (χ1n) is 20.0. The fourth-order valence-electron chi connectivity index (χ4n) is 7.69. The van der Waals surface area contributed by atoms with Crippen LogP contribution in [0.15, 0.2) is 24.6 Å². The maximum Gasteiger partial charge on any atom is 0.315 e. The van der Waals surface area contributed by atoms with Crippen LogP contribution in [-0.4, -0.2) is 71.8 Å². The maximum atomic E-state index is 13.9. The highest BCUT2D eigenvalue weighted by molar-refractivity contribution is 6.38. The standard InChI is InChI=1S/C39H64N6O4.C3H8/c1-11-13-17-30(34(47)36(48)40-22-12-2)42-26(5)33-29-23-28(29)24-45(33)27(6)35(39(10)20-15-14-16-21-39)44-37(49)43-31(38(7,8)9)18-19-32(46)41-25(3)4;1-3-2/h1,25,28-31,33,35,42H,5-6,12-24H2,2-4,7-10H3,(H,40,48)(H,41,46)(H2,43,44,49);3H2,1-2H3/t28-,29-,30?,31?,33?,35?;/m0./s1. The Balaban J connectivity index is 0.00000301. The molecule has 1 aliphatic heterocycles. The molecule has 0 radical (unpaired) electrons. The number of hydrogen-bond donors (Lipinski definition) is 5. The summed E-state index contributed by atoms with van der Waals surface area (Å²) in [6.07, 6.45) is 15.4. The van der Waals surface area contributed by atoms with E-state index in [-0.39, 0.29) is 46.9 Å². The minimum Gasteiger partial charge on any atom is -0.377 e. The lowest BCUT2D eigenvalue weighted by Crippen LogP contribution is -2.58. The fourth-order valence-corrected chi connectivity index (χ4v) is 7.69. The van der Waals surface area contributed by atoms with Crippen LogP contribution in [0.4, 0.5) is 4.79 Å². The molecule has 0 bridgehead atoms. The van der Waals surface area contributed by atoms with Crippen molar-refractivity contribution in [3.8, 4) is 12.3 Å². The topological polar surface area (TPSA) is 132 Å². The molecule has 3 rings (SSSR count). The van der Waals surface area contributed by atoms with E-state index >= 15 is 0 Å². The van der Waals surface area contributed by atoms with Gasteiger partial charge in [0.25, 0.3) is 5.91 Å². The van der Waals surface area contributed by atoms with Crippen LogP contribution in [0.1, 0.15) is 139 Å². The van der Waals surface area contributed by atoms with Crippen LogP contribution in [0.5, 0.6) is 0 Å². The average Bonchev–Trinajstić information content (AvgIpc) is 3.73. The Labute approximate surface area is 315 Å². The van der Waals surface area contributed by atoms with Gasteiger partial charge in [-0.25, -0.2) is 4.79 Å². The highest BCUT2D eigenvalue weighted by atomic mass is 16.2. The molecule has 4 unspecified atom stereocenters. The summed E-state index contributed by atoms with van der Waals surface area (Å²) in [5, 5.41) is 15.6. The number of Topliss-reactive ketones (excluding diaryl/α,β-unsaturated/α-hetero) is 1. The summed E-state index contributed by atoms with van der Waals surface area (Å²) in [4.78, 5) is 54.4. The summed E-state index contributed by atoms with van der Waals surface area (Å²) < 4.78 is 0. The number of rotatable bonds is 18. The zero-order valence-electron chi connectivity index (χ0n) is 34.0. The zero-order chi connectivity index (χ0) is 39.2. The number of terminal acetylenes is 1. The molecule has 52 heavy (non-hydrogen) atoms. The number of nitrogens with zero attached hydrogens (tertiary/aromatic N) is 1. The summed E-state index contributed by atoms with van der Waals surface area (Å²) in [6.45, 7) is 28.8. The molecule has 1 heterocycles. The van der Waals surface area contributed by atoms with E-state index in [2.05, 4.69) is 92.1 Å². The number of urea groups is 1. The number of fused-ring (bicyclic) bond motifs is 1. The van der Waals surface area contributed by atoms with Crippen LogP contribution >= 0.6 is 0 Å². The maximum absolute atomic E-state index is 13.9. The van der Waals surface area contributed by atoms with Crippen LogP contribution in [0.2, 0.25) is 0 Å². The van der Waals surface area contributed by atoms with Crippen molar-refractivity contribution in [3.05, 3.63) is 24.6 Å². The summed E-state index contributed by atoms with van der Waals surface area (Å²) in [7, 11) is 0. The van der Waals surface area contributed by atoms with Gasteiger partial charge in [-0.05, 0) is 75.0 Å². The van der Waals surface area contributed by atoms with Gasteiger partial charge in [0.15, 0.2) is 0 Å². The van der Waals surface area contributed by atoms with Crippen molar-refractivity contribution in [1.29, 1.82) is 0 Å². The van der Waals surface area contributed by atoms with E-state index < -0.39 is 17.7 Å². The highest BCUT2D eigenvalue weighted by Crippen LogP contribution is 2.53. The van der Waals surface area contributed by atoms with Crippen LogP contribution < -0.4 is 26.6 Å². The summed E-state index contributed by atoms with van der Waals surface area (Å²) in [5.41, 5.74) is 1.06. The molecular weight excluding hydrogens is 653 g/mol.